The van der Waals surface area contributed by atoms with Crippen LogP contribution in [0.2, 0.25) is 10.0 Å². The number of halogens is 2. The molecule has 2 rings (SSSR count). The first-order chi connectivity index (χ1) is 9.39. The van der Waals surface area contributed by atoms with Crippen molar-refractivity contribution in [1.29, 1.82) is 0 Å². The van der Waals surface area contributed by atoms with Gasteiger partial charge in [0.25, 0.3) is 0 Å². The number of aliphatic hydroxyl groups is 1. The molecule has 1 N–H and O–H groups in total. The first-order valence-electron chi connectivity index (χ1n) is 6.80. The molecule has 1 aromatic carbocycles. The van der Waals surface area contributed by atoms with Crippen LogP contribution in [0.3, 0.4) is 0 Å². The van der Waals surface area contributed by atoms with E-state index in [1.165, 1.54) is 0 Å². The molecule has 1 saturated carbocycles. The SMILES string of the molecule is CN(Cc1ccc(Cl)c(Cl)c1)C(=O)CC1(O)CCCC1. The highest BCUT2D eigenvalue weighted by molar-refractivity contribution is 6.42. The summed E-state index contributed by atoms with van der Waals surface area (Å²) < 4.78 is 0. The summed E-state index contributed by atoms with van der Waals surface area (Å²) in [6.45, 7) is 0.464. The molecule has 0 saturated heterocycles. The second-order valence-corrected chi connectivity index (χ2v) is 6.42. The van der Waals surface area contributed by atoms with Crippen LogP contribution < -0.4 is 0 Å². The molecular formula is C15H19Cl2NO2. The number of carbonyl (C=O) groups is 1. The Labute approximate surface area is 129 Å². The summed E-state index contributed by atoms with van der Waals surface area (Å²) in [6.07, 6.45) is 3.64. The van der Waals surface area contributed by atoms with Gasteiger partial charge in [0.15, 0.2) is 0 Å². The Morgan fingerprint density at radius 3 is 2.55 bits per heavy atom. The molecule has 1 amide bonds. The van der Waals surface area contributed by atoms with E-state index < -0.39 is 5.60 Å². The molecule has 0 unspecified atom stereocenters. The van der Waals surface area contributed by atoms with Crippen molar-refractivity contribution in [2.75, 3.05) is 7.05 Å². The Kier molecular flexibility index (Phi) is 4.95. The van der Waals surface area contributed by atoms with Gasteiger partial charge in [-0.05, 0) is 30.5 Å². The molecule has 0 aromatic heterocycles. The second kappa shape index (κ2) is 6.33. The number of hydrogen-bond acceptors (Lipinski definition) is 2. The average molecular weight is 316 g/mol. The third-order valence-corrected chi connectivity index (χ3v) is 4.58. The number of rotatable bonds is 4. The van der Waals surface area contributed by atoms with E-state index >= 15 is 0 Å². The molecule has 0 spiro atoms. The van der Waals surface area contributed by atoms with Crippen LogP contribution in [-0.4, -0.2) is 28.6 Å². The van der Waals surface area contributed by atoms with Gasteiger partial charge in [-0.2, -0.15) is 0 Å². The largest absolute Gasteiger partial charge is 0.389 e. The van der Waals surface area contributed by atoms with Gasteiger partial charge in [0, 0.05) is 13.6 Å². The van der Waals surface area contributed by atoms with Gasteiger partial charge in [0.05, 0.1) is 22.1 Å². The predicted octanol–water partition coefficient (Wildman–Crippen LogP) is 3.65. The Hall–Kier alpha value is -0.770. The van der Waals surface area contributed by atoms with E-state index in [1.54, 1.807) is 24.1 Å². The summed E-state index contributed by atoms with van der Waals surface area (Å²) >= 11 is 11.8. The normalized spacial score (nSPS) is 17.2. The zero-order valence-electron chi connectivity index (χ0n) is 11.5. The lowest BCUT2D eigenvalue weighted by Gasteiger charge is -2.25. The van der Waals surface area contributed by atoms with Gasteiger partial charge in [0.1, 0.15) is 0 Å². The van der Waals surface area contributed by atoms with E-state index in [1.807, 2.05) is 6.07 Å². The summed E-state index contributed by atoms with van der Waals surface area (Å²) in [6, 6.07) is 5.34. The molecule has 0 atom stereocenters. The van der Waals surface area contributed by atoms with Crippen LogP contribution in [0.5, 0.6) is 0 Å². The molecule has 1 aromatic rings. The summed E-state index contributed by atoms with van der Waals surface area (Å²) in [5.41, 5.74) is 0.122. The smallest absolute Gasteiger partial charge is 0.225 e. The minimum atomic E-state index is -0.803. The lowest BCUT2D eigenvalue weighted by atomic mass is 9.97. The first-order valence-corrected chi connectivity index (χ1v) is 7.55. The molecular weight excluding hydrogens is 297 g/mol. The summed E-state index contributed by atoms with van der Waals surface area (Å²) in [7, 11) is 1.74. The second-order valence-electron chi connectivity index (χ2n) is 5.61. The van der Waals surface area contributed by atoms with Gasteiger partial charge in [0.2, 0.25) is 5.91 Å². The third-order valence-electron chi connectivity index (χ3n) is 3.84. The van der Waals surface area contributed by atoms with E-state index in [0.717, 1.165) is 31.2 Å². The maximum atomic E-state index is 12.2. The minimum Gasteiger partial charge on any atom is -0.389 e. The number of hydrogen-bond donors (Lipinski definition) is 1. The standard InChI is InChI=1S/C15H19Cl2NO2/c1-18(10-11-4-5-12(16)13(17)8-11)14(19)9-15(20)6-2-3-7-15/h4-5,8,20H,2-3,6-7,9-10H2,1H3. The lowest BCUT2D eigenvalue weighted by Crippen LogP contribution is -2.35. The topological polar surface area (TPSA) is 40.5 Å². The van der Waals surface area contributed by atoms with Crippen LogP contribution in [0.15, 0.2) is 18.2 Å². The Balaban J connectivity index is 1.95. The maximum Gasteiger partial charge on any atom is 0.225 e. The van der Waals surface area contributed by atoms with Crippen molar-refractivity contribution in [1.82, 2.24) is 4.90 Å². The Morgan fingerprint density at radius 2 is 1.95 bits per heavy atom. The maximum absolute atomic E-state index is 12.2. The molecule has 1 fully saturated rings. The van der Waals surface area contributed by atoms with E-state index in [-0.39, 0.29) is 12.3 Å². The van der Waals surface area contributed by atoms with Crippen LogP contribution in [0, 0.1) is 0 Å². The van der Waals surface area contributed by atoms with Gasteiger partial charge in [-0.3, -0.25) is 4.79 Å². The third kappa shape index (κ3) is 3.87. The fraction of sp³-hybridized carbons (Fsp3) is 0.533. The molecule has 1 aliphatic rings. The van der Waals surface area contributed by atoms with Crippen molar-refractivity contribution >= 4 is 29.1 Å². The summed E-state index contributed by atoms with van der Waals surface area (Å²) in [4.78, 5) is 13.8. The lowest BCUT2D eigenvalue weighted by molar-refractivity contribution is -0.135. The van der Waals surface area contributed by atoms with Crippen molar-refractivity contribution in [3.8, 4) is 0 Å². The van der Waals surface area contributed by atoms with Crippen molar-refractivity contribution in [2.45, 2.75) is 44.2 Å². The van der Waals surface area contributed by atoms with E-state index in [4.69, 9.17) is 23.2 Å². The monoisotopic (exact) mass is 315 g/mol. The zero-order chi connectivity index (χ0) is 14.8. The van der Waals surface area contributed by atoms with Crippen molar-refractivity contribution in [2.24, 2.45) is 0 Å². The molecule has 110 valence electrons. The van der Waals surface area contributed by atoms with Crippen molar-refractivity contribution < 1.29 is 9.90 Å². The summed E-state index contributed by atoms with van der Waals surface area (Å²) in [5.74, 6) is -0.0412. The molecule has 0 bridgehead atoms. The summed E-state index contributed by atoms with van der Waals surface area (Å²) in [5, 5.41) is 11.3. The van der Waals surface area contributed by atoms with Crippen LogP contribution >= 0.6 is 23.2 Å². The molecule has 0 aliphatic heterocycles. The average Bonchev–Trinajstić information content (AvgIpc) is 2.80. The zero-order valence-corrected chi connectivity index (χ0v) is 13.0. The predicted molar refractivity (Wildman–Crippen MR) is 81.0 cm³/mol. The highest BCUT2D eigenvalue weighted by Crippen LogP contribution is 2.32. The Bertz CT molecular complexity index is 499. The van der Waals surface area contributed by atoms with Crippen LogP contribution in [0.25, 0.3) is 0 Å². The Morgan fingerprint density at radius 1 is 1.30 bits per heavy atom. The van der Waals surface area contributed by atoms with Gasteiger partial charge in [-0.15, -0.1) is 0 Å². The van der Waals surface area contributed by atoms with Gasteiger partial charge in [-0.1, -0.05) is 42.1 Å². The van der Waals surface area contributed by atoms with E-state index in [9.17, 15) is 9.90 Å². The number of benzene rings is 1. The quantitative estimate of drug-likeness (QED) is 0.921. The van der Waals surface area contributed by atoms with Gasteiger partial charge >= 0.3 is 0 Å². The molecule has 1 aliphatic carbocycles. The van der Waals surface area contributed by atoms with Crippen molar-refractivity contribution in [3.05, 3.63) is 33.8 Å². The van der Waals surface area contributed by atoms with Gasteiger partial charge < -0.3 is 10.0 Å². The van der Waals surface area contributed by atoms with Gasteiger partial charge in [-0.25, -0.2) is 0 Å². The highest BCUT2D eigenvalue weighted by Gasteiger charge is 2.34. The molecule has 20 heavy (non-hydrogen) atoms. The van der Waals surface area contributed by atoms with Crippen molar-refractivity contribution in [3.63, 3.8) is 0 Å². The molecule has 3 nitrogen and oxygen atoms in total. The first kappa shape index (κ1) is 15.6. The molecule has 0 heterocycles. The molecule has 5 heteroatoms. The minimum absolute atomic E-state index is 0.0412. The number of nitrogens with zero attached hydrogens (tertiary/aromatic N) is 1. The number of amides is 1. The van der Waals surface area contributed by atoms with Crippen LogP contribution in [0.4, 0.5) is 0 Å². The fourth-order valence-electron chi connectivity index (χ4n) is 2.63. The van der Waals surface area contributed by atoms with E-state index in [0.29, 0.717) is 16.6 Å². The number of carbonyl (C=O) groups excluding carboxylic acids is 1. The van der Waals surface area contributed by atoms with E-state index in [2.05, 4.69) is 0 Å². The van der Waals surface area contributed by atoms with Crippen LogP contribution in [-0.2, 0) is 11.3 Å². The highest BCUT2D eigenvalue weighted by atomic mass is 35.5. The molecule has 0 radical (unpaired) electrons. The van der Waals surface area contributed by atoms with Crippen LogP contribution in [0.1, 0.15) is 37.7 Å². The fourth-order valence-corrected chi connectivity index (χ4v) is 2.95.